The Morgan fingerprint density at radius 3 is 2.40 bits per heavy atom. The fourth-order valence-corrected chi connectivity index (χ4v) is 1.29. The molecule has 2 amide bonds. The summed E-state index contributed by atoms with van der Waals surface area (Å²) < 4.78 is 0. The number of hydrogen-bond acceptors (Lipinski definition) is 3. The van der Waals surface area contributed by atoms with Crippen molar-refractivity contribution in [2.75, 3.05) is 20.1 Å². The Kier molecular flexibility index (Phi) is 6.70. The second-order valence-electron chi connectivity index (χ2n) is 3.79. The quantitative estimate of drug-likeness (QED) is 0.573. The molecule has 0 aromatic heterocycles. The second-order valence-corrected chi connectivity index (χ2v) is 3.79. The number of amides is 2. The van der Waals surface area contributed by atoms with Gasteiger partial charge < -0.3 is 16.0 Å². The minimum Gasteiger partial charge on any atom is -0.368 e. The highest BCUT2D eigenvalue weighted by Crippen LogP contribution is 2.02. The Balaban J connectivity index is 4.11. The van der Waals surface area contributed by atoms with Gasteiger partial charge in [-0.1, -0.05) is 0 Å². The van der Waals surface area contributed by atoms with Crippen LogP contribution in [0.1, 0.15) is 26.7 Å². The van der Waals surface area contributed by atoms with Gasteiger partial charge in [-0.05, 0) is 33.9 Å². The molecule has 0 aromatic rings. The van der Waals surface area contributed by atoms with Crippen LogP contribution < -0.4 is 11.1 Å². The smallest absolute Gasteiger partial charge is 0.237 e. The number of hydrogen-bond donors (Lipinski definition) is 2. The van der Waals surface area contributed by atoms with Crippen LogP contribution in [0.2, 0.25) is 0 Å². The summed E-state index contributed by atoms with van der Waals surface area (Å²) in [7, 11) is 1.84. The number of nitrogens with zero attached hydrogens (tertiary/aromatic N) is 1. The van der Waals surface area contributed by atoms with Crippen molar-refractivity contribution in [2.45, 2.75) is 32.7 Å². The highest BCUT2D eigenvalue weighted by molar-refractivity contribution is 5.84. The fourth-order valence-electron chi connectivity index (χ4n) is 1.29. The number of rotatable bonds is 7. The summed E-state index contributed by atoms with van der Waals surface area (Å²) in [6.07, 6.45) is 1.23. The molecule has 3 N–H and O–H groups in total. The third-order valence-electron chi connectivity index (χ3n) is 2.09. The van der Waals surface area contributed by atoms with Gasteiger partial charge in [0.15, 0.2) is 0 Å². The molecule has 0 bridgehead atoms. The topological polar surface area (TPSA) is 75.4 Å². The van der Waals surface area contributed by atoms with Crippen LogP contribution in [0.15, 0.2) is 0 Å². The van der Waals surface area contributed by atoms with Crippen molar-refractivity contribution in [3.05, 3.63) is 0 Å². The largest absolute Gasteiger partial charge is 0.368 e. The lowest BCUT2D eigenvalue weighted by Gasteiger charge is -2.25. The average molecular weight is 215 g/mol. The fraction of sp³-hybridized carbons (Fsp3) is 0.800. The Hall–Kier alpha value is -1.10. The molecule has 0 saturated carbocycles. The molecule has 0 radical (unpaired) electrons. The van der Waals surface area contributed by atoms with E-state index in [9.17, 15) is 9.59 Å². The molecule has 0 heterocycles. The molecule has 0 aliphatic heterocycles. The Bertz CT molecular complexity index is 217. The van der Waals surface area contributed by atoms with Crippen LogP contribution in [0.3, 0.4) is 0 Å². The van der Waals surface area contributed by atoms with Gasteiger partial charge in [0.1, 0.15) is 0 Å². The van der Waals surface area contributed by atoms with Gasteiger partial charge >= 0.3 is 0 Å². The van der Waals surface area contributed by atoms with Gasteiger partial charge in [-0.2, -0.15) is 0 Å². The maximum Gasteiger partial charge on any atom is 0.237 e. The summed E-state index contributed by atoms with van der Waals surface area (Å²) in [6, 6.07) is 0.0135. The maximum atomic E-state index is 11.7. The summed E-state index contributed by atoms with van der Waals surface area (Å²) in [6.45, 7) is 4.56. The van der Waals surface area contributed by atoms with Crippen molar-refractivity contribution in [3.63, 3.8) is 0 Å². The van der Waals surface area contributed by atoms with E-state index in [-0.39, 0.29) is 18.5 Å². The molecule has 15 heavy (non-hydrogen) atoms. The van der Waals surface area contributed by atoms with E-state index in [1.165, 1.54) is 4.90 Å². The molecular weight excluding hydrogens is 194 g/mol. The second kappa shape index (κ2) is 7.23. The van der Waals surface area contributed by atoms with Gasteiger partial charge in [0.2, 0.25) is 11.8 Å². The first-order valence-electron chi connectivity index (χ1n) is 5.21. The van der Waals surface area contributed by atoms with Crippen molar-refractivity contribution >= 4 is 11.8 Å². The predicted molar refractivity (Wildman–Crippen MR) is 59.2 cm³/mol. The number of carbonyl (C=O) groups excluding carboxylic acids is 2. The molecule has 0 aliphatic rings. The first-order valence-corrected chi connectivity index (χ1v) is 5.21. The van der Waals surface area contributed by atoms with Gasteiger partial charge in [-0.25, -0.2) is 0 Å². The lowest BCUT2D eigenvalue weighted by Crippen LogP contribution is -2.42. The van der Waals surface area contributed by atoms with Gasteiger partial charge in [0.25, 0.3) is 0 Å². The summed E-state index contributed by atoms with van der Waals surface area (Å²) in [4.78, 5) is 24.0. The van der Waals surface area contributed by atoms with E-state index in [2.05, 4.69) is 5.32 Å². The van der Waals surface area contributed by atoms with E-state index in [0.29, 0.717) is 6.42 Å². The number of nitrogens with two attached hydrogens (primary N) is 1. The van der Waals surface area contributed by atoms with Crippen molar-refractivity contribution in [1.82, 2.24) is 10.2 Å². The summed E-state index contributed by atoms with van der Waals surface area (Å²) >= 11 is 0. The Morgan fingerprint density at radius 2 is 2.00 bits per heavy atom. The lowest BCUT2D eigenvalue weighted by atomic mass is 10.2. The van der Waals surface area contributed by atoms with Crippen LogP contribution in [0, 0.1) is 0 Å². The number of primary amides is 1. The number of nitrogens with one attached hydrogen (secondary N) is 1. The first kappa shape index (κ1) is 13.9. The third kappa shape index (κ3) is 6.06. The zero-order valence-corrected chi connectivity index (χ0v) is 9.75. The van der Waals surface area contributed by atoms with E-state index >= 15 is 0 Å². The molecule has 5 heteroatoms. The first-order chi connectivity index (χ1) is 6.99. The molecule has 0 aliphatic carbocycles. The molecule has 5 nitrogen and oxygen atoms in total. The monoisotopic (exact) mass is 215 g/mol. The van der Waals surface area contributed by atoms with E-state index in [0.717, 1.165) is 13.0 Å². The van der Waals surface area contributed by atoms with Crippen LogP contribution in [0.25, 0.3) is 0 Å². The van der Waals surface area contributed by atoms with E-state index < -0.39 is 5.91 Å². The zero-order chi connectivity index (χ0) is 11.8. The molecule has 0 spiro atoms. The third-order valence-corrected chi connectivity index (χ3v) is 2.09. The van der Waals surface area contributed by atoms with E-state index in [1.54, 1.807) is 0 Å². The van der Waals surface area contributed by atoms with Crippen LogP contribution in [0.4, 0.5) is 0 Å². The zero-order valence-electron chi connectivity index (χ0n) is 9.75. The summed E-state index contributed by atoms with van der Waals surface area (Å²) in [5.74, 6) is -0.482. The van der Waals surface area contributed by atoms with Gasteiger partial charge in [-0.15, -0.1) is 0 Å². The van der Waals surface area contributed by atoms with Crippen molar-refractivity contribution in [1.29, 1.82) is 0 Å². The standard InChI is InChI=1S/C10H21N3O2/c1-8(2)13(7-9(11)14)10(15)5-4-6-12-3/h8,12H,4-7H2,1-3H3,(H2,11,14). The van der Waals surface area contributed by atoms with Crippen LogP contribution in [0.5, 0.6) is 0 Å². The molecule has 0 aromatic carbocycles. The molecule has 88 valence electrons. The predicted octanol–water partition coefficient (Wildman–Crippen LogP) is -0.292. The van der Waals surface area contributed by atoms with Gasteiger partial charge in [-0.3, -0.25) is 9.59 Å². The average Bonchev–Trinajstić information content (AvgIpc) is 2.13. The van der Waals surface area contributed by atoms with Crippen LogP contribution >= 0.6 is 0 Å². The van der Waals surface area contributed by atoms with Crippen molar-refractivity contribution in [2.24, 2.45) is 5.73 Å². The highest BCUT2D eigenvalue weighted by Gasteiger charge is 2.17. The summed E-state index contributed by atoms with van der Waals surface area (Å²) in [5.41, 5.74) is 5.08. The van der Waals surface area contributed by atoms with Crippen molar-refractivity contribution in [3.8, 4) is 0 Å². The lowest BCUT2D eigenvalue weighted by molar-refractivity contribution is -0.136. The van der Waals surface area contributed by atoms with Gasteiger partial charge in [0.05, 0.1) is 6.54 Å². The Morgan fingerprint density at radius 1 is 1.40 bits per heavy atom. The van der Waals surface area contributed by atoms with Crippen LogP contribution in [-0.4, -0.2) is 42.9 Å². The van der Waals surface area contributed by atoms with Gasteiger partial charge in [0, 0.05) is 12.5 Å². The van der Waals surface area contributed by atoms with Crippen molar-refractivity contribution < 1.29 is 9.59 Å². The van der Waals surface area contributed by atoms with Crippen LogP contribution in [-0.2, 0) is 9.59 Å². The van der Waals surface area contributed by atoms with E-state index in [1.807, 2.05) is 20.9 Å². The molecule has 0 unspecified atom stereocenters. The maximum absolute atomic E-state index is 11.7. The minimum atomic E-state index is -0.467. The normalized spacial score (nSPS) is 10.4. The minimum absolute atomic E-state index is 0.00997. The molecule has 0 saturated heterocycles. The molecular formula is C10H21N3O2. The SMILES string of the molecule is CNCCCC(=O)N(CC(N)=O)C(C)C. The van der Waals surface area contributed by atoms with E-state index in [4.69, 9.17) is 5.73 Å². The molecule has 0 fully saturated rings. The Labute approximate surface area is 91.0 Å². The highest BCUT2D eigenvalue weighted by atomic mass is 16.2. The molecule has 0 rings (SSSR count). The number of carbonyl (C=O) groups is 2. The summed E-state index contributed by atoms with van der Waals surface area (Å²) in [5, 5.41) is 2.97. The molecule has 0 atom stereocenters.